The van der Waals surface area contributed by atoms with E-state index < -0.39 is 6.10 Å². The van der Waals surface area contributed by atoms with E-state index in [4.69, 9.17) is 5.73 Å². The average Bonchev–Trinajstić information content (AvgIpc) is 2.17. The fourth-order valence-corrected chi connectivity index (χ4v) is 2.27. The molecule has 1 atom stereocenters. The van der Waals surface area contributed by atoms with Gasteiger partial charge in [0.15, 0.2) is 0 Å². The van der Waals surface area contributed by atoms with E-state index >= 15 is 0 Å². The van der Waals surface area contributed by atoms with E-state index in [9.17, 15) is 10.2 Å². The van der Waals surface area contributed by atoms with Gasteiger partial charge in [-0.1, -0.05) is 24.6 Å². The maximum Gasteiger partial charge on any atom is 0.121 e. The quantitative estimate of drug-likeness (QED) is 0.704. The summed E-state index contributed by atoms with van der Waals surface area (Å²) in [5.74, 6) is 0.157. The Hall–Kier alpha value is -1.06. The molecule has 0 aromatic heterocycles. The van der Waals surface area contributed by atoms with Crippen LogP contribution in [0.3, 0.4) is 0 Å². The van der Waals surface area contributed by atoms with Crippen LogP contribution in [0.25, 0.3) is 0 Å². The first-order chi connectivity index (χ1) is 7.19. The second-order valence-corrected chi connectivity index (χ2v) is 4.38. The molecule has 1 fully saturated rings. The molecule has 0 amide bonds. The van der Waals surface area contributed by atoms with Crippen molar-refractivity contribution >= 4 is 0 Å². The second-order valence-electron chi connectivity index (χ2n) is 4.38. The van der Waals surface area contributed by atoms with Crippen molar-refractivity contribution in [1.29, 1.82) is 0 Å². The molecule has 0 bridgehead atoms. The molecule has 0 radical (unpaired) electrons. The molecule has 1 aliphatic carbocycles. The number of hydrogen-bond acceptors (Lipinski definition) is 3. The van der Waals surface area contributed by atoms with Crippen molar-refractivity contribution < 1.29 is 10.2 Å². The van der Waals surface area contributed by atoms with E-state index in [0.29, 0.717) is 12.1 Å². The second kappa shape index (κ2) is 3.83. The Kier molecular flexibility index (Phi) is 2.67. The Labute approximate surface area is 89.5 Å². The Balaban J connectivity index is 2.27. The molecule has 1 aromatic rings. The largest absolute Gasteiger partial charge is 0.508 e. The Bertz CT molecular complexity index is 342. The van der Waals surface area contributed by atoms with Gasteiger partial charge in [-0.3, -0.25) is 0 Å². The van der Waals surface area contributed by atoms with E-state index in [1.54, 1.807) is 18.2 Å². The molecule has 4 N–H and O–H groups in total. The first-order valence-corrected chi connectivity index (χ1v) is 5.36. The minimum Gasteiger partial charge on any atom is -0.508 e. The average molecular weight is 207 g/mol. The summed E-state index contributed by atoms with van der Waals surface area (Å²) >= 11 is 0. The van der Waals surface area contributed by atoms with Crippen LogP contribution in [-0.4, -0.2) is 16.8 Å². The lowest BCUT2D eigenvalue weighted by Gasteiger charge is -2.44. The highest BCUT2D eigenvalue weighted by Gasteiger charge is 2.43. The highest BCUT2D eigenvalue weighted by Crippen LogP contribution is 2.50. The topological polar surface area (TPSA) is 66.5 Å². The fraction of sp³-hybridized carbons (Fsp3) is 0.500. The molecule has 0 spiro atoms. The van der Waals surface area contributed by atoms with Gasteiger partial charge < -0.3 is 15.9 Å². The predicted octanol–water partition coefficient (Wildman–Crippen LogP) is 1.55. The van der Waals surface area contributed by atoms with Crippen LogP contribution in [0, 0.1) is 5.41 Å². The number of rotatable bonds is 3. The summed E-state index contributed by atoms with van der Waals surface area (Å²) in [7, 11) is 0. The summed E-state index contributed by atoms with van der Waals surface area (Å²) in [6.07, 6.45) is 2.36. The predicted molar refractivity (Wildman–Crippen MR) is 58.4 cm³/mol. The van der Waals surface area contributed by atoms with Crippen molar-refractivity contribution in [2.75, 3.05) is 6.54 Å². The maximum atomic E-state index is 10.2. The highest BCUT2D eigenvalue weighted by molar-refractivity contribution is 5.35. The number of nitrogens with two attached hydrogens (primary N) is 1. The molecule has 1 aromatic carbocycles. The molecule has 2 rings (SSSR count). The van der Waals surface area contributed by atoms with E-state index in [1.807, 2.05) is 6.07 Å². The smallest absolute Gasteiger partial charge is 0.121 e. The number of phenolic OH excluding ortho intramolecular Hbond substituents is 1. The SMILES string of the molecule is NCC1(C(O)c2ccccc2O)CCC1. The number of benzene rings is 1. The van der Waals surface area contributed by atoms with Gasteiger partial charge in [-0.25, -0.2) is 0 Å². The summed E-state index contributed by atoms with van der Waals surface area (Å²) in [4.78, 5) is 0. The van der Waals surface area contributed by atoms with Crippen LogP contribution in [0.5, 0.6) is 5.75 Å². The van der Waals surface area contributed by atoms with Crippen LogP contribution in [0.4, 0.5) is 0 Å². The lowest BCUT2D eigenvalue weighted by molar-refractivity contribution is -0.0308. The molecular weight excluding hydrogens is 190 g/mol. The van der Waals surface area contributed by atoms with Crippen molar-refractivity contribution in [1.82, 2.24) is 0 Å². The number of phenols is 1. The van der Waals surface area contributed by atoms with Crippen LogP contribution in [0.15, 0.2) is 24.3 Å². The van der Waals surface area contributed by atoms with Crippen molar-refractivity contribution in [2.45, 2.75) is 25.4 Å². The van der Waals surface area contributed by atoms with E-state index in [0.717, 1.165) is 19.3 Å². The standard InChI is InChI=1S/C12H17NO2/c13-8-12(6-3-7-12)11(15)9-4-1-2-5-10(9)14/h1-2,4-5,11,14-15H,3,6-8,13H2. The van der Waals surface area contributed by atoms with Crippen LogP contribution in [0.2, 0.25) is 0 Å². The fourth-order valence-electron chi connectivity index (χ4n) is 2.27. The molecule has 1 aliphatic rings. The number of para-hydroxylation sites is 1. The van der Waals surface area contributed by atoms with Crippen molar-refractivity contribution in [3.63, 3.8) is 0 Å². The van der Waals surface area contributed by atoms with E-state index in [1.165, 1.54) is 0 Å². The van der Waals surface area contributed by atoms with Gasteiger partial charge in [0.25, 0.3) is 0 Å². The monoisotopic (exact) mass is 207 g/mol. The number of hydrogen-bond donors (Lipinski definition) is 3. The highest BCUT2D eigenvalue weighted by atomic mass is 16.3. The maximum absolute atomic E-state index is 10.2. The normalized spacial score (nSPS) is 20.7. The van der Waals surface area contributed by atoms with Crippen molar-refractivity contribution in [2.24, 2.45) is 11.1 Å². The molecule has 82 valence electrons. The van der Waals surface area contributed by atoms with Crippen molar-refractivity contribution in [3.05, 3.63) is 29.8 Å². The summed E-state index contributed by atoms with van der Waals surface area (Å²) in [5, 5.41) is 19.9. The van der Waals surface area contributed by atoms with Gasteiger partial charge in [0.05, 0.1) is 6.10 Å². The van der Waals surface area contributed by atoms with Gasteiger partial charge in [-0.05, 0) is 18.9 Å². The summed E-state index contributed by atoms with van der Waals surface area (Å²) in [6, 6.07) is 6.93. The zero-order chi connectivity index (χ0) is 10.9. The number of aliphatic hydroxyl groups is 1. The van der Waals surface area contributed by atoms with Crippen LogP contribution >= 0.6 is 0 Å². The third kappa shape index (κ3) is 1.62. The lowest BCUT2D eigenvalue weighted by atomic mass is 9.63. The van der Waals surface area contributed by atoms with E-state index in [-0.39, 0.29) is 11.2 Å². The molecule has 3 heteroatoms. The van der Waals surface area contributed by atoms with Crippen molar-refractivity contribution in [3.8, 4) is 5.75 Å². The third-order valence-corrected chi connectivity index (χ3v) is 3.57. The van der Waals surface area contributed by atoms with E-state index in [2.05, 4.69) is 0 Å². The summed E-state index contributed by atoms with van der Waals surface area (Å²) in [6.45, 7) is 0.475. The van der Waals surface area contributed by atoms with Gasteiger partial charge in [0.1, 0.15) is 5.75 Å². The minimum atomic E-state index is -0.641. The zero-order valence-electron chi connectivity index (χ0n) is 8.69. The van der Waals surface area contributed by atoms with Crippen LogP contribution in [-0.2, 0) is 0 Å². The number of aliphatic hydroxyl groups excluding tert-OH is 1. The first-order valence-electron chi connectivity index (χ1n) is 5.36. The third-order valence-electron chi connectivity index (χ3n) is 3.57. The van der Waals surface area contributed by atoms with Crippen LogP contribution < -0.4 is 5.73 Å². The van der Waals surface area contributed by atoms with Gasteiger partial charge in [-0.15, -0.1) is 0 Å². The molecule has 0 aliphatic heterocycles. The molecule has 0 heterocycles. The summed E-state index contributed by atoms with van der Waals surface area (Å²) in [5.41, 5.74) is 6.11. The molecule has 0 saturated heterocycles. The molecule has 1 saturated carbocycles. The lowest BCUT2D eigenvalue weighted by Crippen LogP contribution is -2.42. The Morgan fingerprint density at radius 3 is 2.47 bits per heavy atom. The molecular formula is C12H17NO2. The Morgan fingerprint density at radius 1 is 1.33 bits per heavy atom. The van der Waals surface area contributed by atoms with Gasteiger partial charge in [0, 0.05) is 17.5 Å². The Morgan fingerprint density at radius 2 is 2.00 bits per heavy atom. The van der Waals surface area contributed by atoms with Crippen LogP contribution in [0.1, 0.15) is 30.9 Å². The zero-order valence-corrected chi connectivity index (χ0v) is 8.69. The first kappa shape index (κ1) is 10.5. The van der Waals surface area contributed by atoms with Gasteiger partial charge in [0.2, 0.25) is 0 Å². The summed E-state index contributed by atoms with van der Waals surface area (Å²) < 4.78 is 0. The molecule has 15 heavy (non-hydrogen) atoms. The molecule has 1 unspecified atom stereocenters. The van der Waals surface area contributed by atoms with Gasteiger partial charge in [-0.2, -0.15) is 0 Å². The molecule has 3 nitrogen and oxygen atoms in total. The minimum absolute atomic E-state index is 0.157. The van der Waals surface area contributed by atoms with Gasteiger partial charge >= 0.3 is 0 Å². The number of aromatic hydroxyl groups is 1.